The third-order valence-electron chi connectivity index (χ3n) is 11.9. The minimum atomic E-state index is -1.10. The van der Waals surface area contributed by atoms with Crippen molar-refractivity contribution in [2.45, 2.75) is 63.7 Å². The molecule has 15 nitrogen and oxygen atoms in total. The van der Waals surface area contributed by atoms with E-state index in [2.05, 4.69) is 56.2 Å². The van der Waals surface area contributed by atoms with Crippen molar-refractivity contribution in [1.29, 1.82) is 0 Å². The lowest BCUT2D eigenvalue weighted by molar-refractivity contribution is -0.141. The molecule has 0 unspecified atom stereocenters. The highest BCUT2D eigenvalue weighted by Crippen LogP contribution is 2.35. The highest BCUT2D eigenvalue weighted by molar-refractivity contribution is 5.97. The summed E-state index contributed by atoms with van der Waals surface area (Å²) in [7, 11) is 1.91. The quantitative estimate of drug-likeness (QED) is 0.0982. The zero-order chi connectivity index (χ0) is 46.7. The minimum absolute atomic E-state index is 0.0163. The predicted molar refractivity (Wildman–Crippen MR) is 252 cm³/mol. The molecule has 66 heavy (non-hydrogen) atoms. The van der Waals surface area contributed by atoms with Crippen molar-refractivity contribution in [2.24, 2.45) is 11.1 Å². The van der Waals surface area contributed by atoms with Gasteiger partial charge in [0.25, 0.3) is 0 Å². The summed E-state index contributed by atoms with van der Waals surface area (Å²) in [6, 6.07) is 31.0. The van der Waals surface area contributed by atoms with Gasteiger partial charge in [0.05, 0.1) is 25.0 Å². The Bertz CT molecular complexity index is 2300. The third-order valence-corrected chi connectivity index (χ3v) is 11.9. The van der Waals surface area contributed by atoms with Crippen LogP contribution in [0.15, 0.2) is 115 Å². The number of nitrogens with one attached hydrogen (secondary N) is 6. The maximum atomic E-state index is 14.9. The van der Waals surface area contributed by atoms with Gasteiger partial charge in [0.1, 0.15) is 12.1 Å². The van der Waals surface area contributed by atoms with Crippen molar-refractivity contribution in [3.63, 3.8) is 0 Å². The summed E-state index contributed by atoms with van der Waals surface area (Å²) < 4.78 is 5.37. The molecule has 2 bridgehead atoms. The van der Waals surface area contributed by atoms with Crippen LogP contribution < -0.4 is 37.6 Å². The van der Waals surface area contributed by atoms with Gasteiger partial charge in [-0.25, -0.2) is 0 Å². The number of fused-ring (bicyclic) bond motifs is 3. The van der Waals surface area contributed by atoms with Crippen molar-refractivity contribution in [3.05, 3.63) is 143 Å². The Kier molecular flexibility index (Phi) is 18.2. The molecule has 1 saturated heterocycles. The van der Waals surface area contributed by atoms with Gasteiger partial charge in [-0.15, -0.1) is 0 Å². The summed E-state index contributed by atoms with van der Waals surface area (Å²) in [5.74, 6) is -2.68. The second-order valence-electron chi connectivity index (χ2n) is 16.8. The van der Waals surface area contributed by atoms with E-state index >= 15 is 0 Å². The molecule has 0 aliphatic carbocycles. The first kappa shape index (κ1) is 48.8. The van der Waals surface area contributed by atoms with E-state index in [0.29, 0.717) is 50.1 Å². The van der Waals surface area contributed by atoms with Crippen LogP contribution in [-0.2, 0) is 65.9 Å². The van der Waals surface area contributed by atoms with Crippen LogP contribution in [0.2, 0.25) is 0 Å². The van der Waals surface area contributed by atoms with E-state index in [4.69, 9.17) is 10.5 Å². The van der Waals surface area contributed by atoms with Crippen LogP contribution in [-0.4, -0.2) is 105 Å². The van der Waals surface area contributed by atoms with Crippen molar-refractivity contribution < 1.29 is 33.5 Å². The Morgan fingerprint density at radius 1 is 0.803 bits per heavy atom. The fourth-order valence-corrected chi connectivity index (χ4v) is 8.43. The molecule has 0 spiro atoms. The number of nitrogens with zero attached hydrogens (tertiary/aromatic N) is 1. The number of benzene rings is 4. The van der Waals surface area contributed by atoms with Crippen LogP contribution in [0.1, 0.15) is 47.1 Å². The highest BCUT2D eigenvalue weighted by atomic mass is 16.5. The summed E-state index contributed by atoms with van der Waals surface area (Å²) in [4.78, 5) is 84.6. The molecule has 4 aromatic rings. The molecule has 2 heterocycles. The first-order valence-corrected chi connectivity index (χ1v) is 22.7. The van der Waals surface area contributed by atoms with Crippen molar-refractivity contribution in [2.75, 3.05) is 53.0 Å². The third kappa shape index (κ3) is 14.2. The molecular formula is C51H62N8O7. The second kappa shape index (κ2) is 24.6. The van der Waals surface area contributed by atoms with Crippen LogP contribution in [0.4, 0.5) is 0 Å². The lowest BCUT2D eigenvalue weighted by Gasteiger charge is -2.42. The number of ether oxygens (including phenoxy) is 1. The van der Waals surface area contributed by atoms with E-state index in [-0.39, 0.29) is 58.0 Å². The Hall–Kier alpha value is -6.68. The molecule has 2 aliphatic heterocycles. The molecule has 0 radical (unpaired) electrons. The molecule has 15 heteroatoms. The van der Waals surface area contributed by atoms with Crippen molar-refractivity contribution in [1.82, 2.24) is 36.8 Å². The Morgan fingerprint density at radius 2 is 1.50 bits per heavy atom. The lowest BCUT2D eigenvalue weighted by atomic mass is 9.74. The number of hydrogen-bond donors (Lipinski definition) is 7. The number of piperidine rings is 1. The summed E-state index contributed by atoms with van der Waals surface area (Å²) in [6.45, 7) is 2.36. The van der Waals surface area contributed by atoms with E-state index < -0.39 is 47.0 Å². The summed E-state index contributed by atoms with van der Waals surface area (Å²) in [5.41, 5.74) is 10.7. The van der Waals surface area contributed by atoms with E-state index in [9.17, 15) is 28.8 Å². The van der Waals surface area contributed by atoms with Crippen molar-refractivity contribution >= 4 is 35.4 Å². The van der Waals surface area contributed by atoms with Gasteiger partial charge in [-0.2, -0.15) is 0 Å². The number of nitrogens with two attached hydrogens (primary N) is 1. The first-order valence-electron chi connectivity index (χ1n) is 22.7. The minimum Gasteiger partial charge on any atom is -0.378 e. The zero-order valence-corrected chi connectivity index (χ0v) is 37.6. The average Bonchev–Trinajstić information content (AvgIpc) is 3.33. The number of rotatable bonds is 13. The van der Waals surface area contributed by atoms with Gasteiger partial charge >= 0.3 is 0 Å². The smallest absolute Gasteiger partial charge is 0.246 e. The molecule has 6 rings (SSSR count). The Balaban J connectivity index is 1.30. The van der Waals surface area contributed by atoms with Gasteiger partial charge in [-0.05, 0) is 71.7 Å². The fourth-order valence-electron chi connectivity index (χ4n) is 8.43. The summed E-state index contributed by atoms with van der Waals surface area (Å²) in [6.07, 6.45) is 3.74. The van der Waals surface area contributed by atoms with Gasteiger partial charge < -0.3 is 47.3 Å². The van der Waals surface area contributed by atoms with Crippen LogP contribution in [0, 0.1) is 5.41 Å². The predicted octanol–water partition coefficient (Wildman–Crippen LogP) is 2.46. The number of amides is 6. The van der Waals surface area contributed by atoms with Crippen molar-refractivity contribution in [3.8, 4) is 11.1 Å². The molecule has 6 amide bonds. The molecule has 4 aromatic carbocycles. The largest absolute Gasteiger partial charge is 0.378 e. The normalized spacial score (nSPS) is 20.6. The molecule has 2 aliphatic rings. The molecule has 8 N–H and O–H groups in total. The lowest BCUT2D eigenvalue weighted by Crippen LogP contribution is -2.58. The molecule has 0 aromatic heterocycles. The zero-order valence-electron chi connectivity index (χ0n) is 37.6. The highest BCUT2D eigenvalue weighted by Gasteiger charge is 2.44. The SMILES string of the molecule is CNCc1ccc(-c2ccc(C[C@@H]3NC(=O)[C@]4(Cc5ccccc5)CCCN(C4)C(=O)/C=C/C(=O)NCC[C@@H](C(=O)NCCOCCN)NC(=O)Cc4ccccc4CNC3=O)cc2)cc1. The van der Waals surface area contributed by atoms with Gasteiger partial charge in [0.2, 0.25) is 35.4 Å². The van der Waals surface area contributed by atoms with Crippen LogP contribution in [0.5, 0.6) is 0 Å². The Labute approximate surface area is 386 Å². The molecule has 348 valence electrons. The maximum Gasteiger partial charge on any atom is 0.246 e. The van der Waals surface area contributed by atoms with E-state index in [1.54, 1.807) is 17.0 Å². The fraction of sp³-hybridized carbons (Fsp3) is 0.373. The van der Waals surface area contributed by atoms with E-state index in [0.717, 1.165) is 34.9 Å². The number of hydrogen-bond acceptors (Lipinski definition) is 9. The van der Waals surface area contributed by atoms with Gasteiger partial charge in [0, 0.05) is 64.4 Å². The summed E-state index contributed by atoms with van der Waals surface area (Å²) in [5, 5.41) is 17.6. The summed E-state index contributed by atoms with van der Waals surface area (Å²) >= 11 is 0. The van der Waals surface area contributed by atoms with Gasteiger partial charge in [-0.3, -0.25) is 28.8 Å². The van der Waals surface area contributed by atoms with Gasteiger partial charge in [-0.1, -0.05) is 103 Å². The van der Waals surface area contributed by atoms with E-state index in [1.165, 1.54) is 11.6 Å². The standard InChI is InChI=1S/C51H62N8O7/c1-53-33-38-14-18-40(19-15-38)39-16-12-36(13-17-39)30-44-49(64)56-34-42-11-6-5-10-41(42)31-46(61)57-43(48(63)55-26-29-66-28-24-52)22-25-54-45(60)20-21-47(62)59-27-7-23-51(35-59,50(65)58-44)32-37-8-3-2-4-9-37/h2-6,8-21,43-44,53H,7,22-35,52H2,1H3,(H,54,60)(H,55,63)(H,56,64)(H,57,61)(H,58,65)/b21-20+/t43-,44-,51-/m0/s1. The number of carbonyl (C=O) groups excluding carboxylic acids is 6. The van der Waals surface area contributed by atoms with Crippen LogP contribution in [0.25, 0.3) is 11.1 Å². The topological polar surface area (TPSA) is 213 Å². The molecule has 1 fully saturated rings. The molecule has 3 atom stereocenters. The first-order chi connectivity index (χ1) is 32.1. The second-order valence-corrected chi connectivity index (χ2v) is 16.8. The van der Waals surface area contributed by atoms with Gasteiger partial charge in [0.15, 0.2) is 0 Å². The van der Waals surface area contributed by atoms with Crippen LogP contribution in [0.3, 0.4) is 0 Å². The number of carbonyl (C=O) groups is 6. The molecule has 0 saturated carbocycles. The van der Waals surface area contributed by atoms with E-state index in [1.807, 2.05) is 73.8 Å². The average molecular weight is 899 g/mol. The Morgan fingerprint density at radius 3 is 2.21 bits per heavy atom. The monoisotopic (exact) mass is 898 g/mol. The molecular weight excluding hydrogens is 837 g/mol. The van der Waals surface area contributed by atoms with Crippen LogP contribution >= 0.6 is 0 Å². The maximum absolute atomic E-state index is 14.9.